The molecule has 128 valence electrons. The molecule has 1 aliphatic heterocycles. The van der Waals surface area contributed by atoms with Crippen LogP contribution in [0.1, 0.15) is 36.0 Å². The van der Waals surface area contributed by atoms with Gasteiger partial charge in [-0.2, -0.15) is 5.10 Å². The molecule has 0 bridgehead atoms. The highest BCUT2D eigenvalue weighted by Crippen LogP contribution is 2.23. The summed E-state index contributed by atoms with van der Waals surface area (Å²) in [6, 6.07) is 5.99. The third-order valence-corrected chi connectivity index (χ3v) is 4.59. The number of hydrogen-bond donors (Lipinski definition) is 0. The van der Waals surface area contributed by atoms with E-state index in [-0.39, 0.29) is 11.9 Å². The first-order chi connectivity index (χ1) is 11.6. The largest absolute Gasteiger partial charge is 0.363 e. The molecule has 1 fully saturated rings. The van der Waals surface area contributed by atoms with Gasteiger partial charge in [0.1, 0.15) is 5.82 Å². The van der Waals surface area contributed by atoms with Crippen molar-refractivity contribution in [3.8, 4) is 0 Å². The SMILES string of the molecule is CN(C)c1ccc(C(=O)N2CCCC[C@H]2CCn2cccn2)cn1. The third-order valence-electron chi connectivity index (χ3n) is 4.59. The molecule has 0 spiro atoms. The maximum absolute atomic E-state index is 12.9. The van der Waals surface area contributed by atoms with Crippen LogP contribution in [0, 0.1) is 0 Å². The Balaban J connectivity index is 1.68. The monoisotopic (exact) mass is 327 g/mol. The van der Waals surface area contributed by atoms with Crippen LogP contribution in [0.15, 0.2) is 36.8 Å². The zero-order chi connectivity index (χ0) is 16.9. The molecule has 3 heterocycles. The minimum Gasteiger partial charge on any atom is -0.363 e. The summed E-state index contributed by atoms with van der Waals surface area (Å²) in [6.07, 6.45) is 9.73. The summed E-state index contributed by atoms with van der Waals surface area (Å²) in [6.45, 7) is 1.68. The van der Waals surface area contributed by atoms with Crippen molar-refractivity contribution in [3.05, 3.63) is 42.4 Å². The lowest BCUT2D eigenvalue weighted by molar-refractivity contribution is 0.0593. The summed E-state index contributed by atoms with van der Waals surface area (Å²) in [5.41, 5.74) is 0.673. The van der Waals surface area contributed by atoms with Crippen molar-refractivity contribution in [2.75, 3.05) is 25.5 Å². The van der Waals surface area contributed by atoms with Gasteiger partial charge >= 0.3 is 0 Å². The standard InChI is InChI=1S/C18H25N5O/c1-21(2)17-8-7-15(14-19-17)18(24)23-12-4-3-6-16(23)9-13-22-11-5-10-20-22/h5,7-8,10-11,14,16H,3-4,6,9,12-13H2,1-2H3/t16-/m0/s1. The van der Waals surface area contributed by atoms with E-state index in [4.69, 9.17) is 0 Å². The Kier molecular flexibility index (Phi) is 5.13. The normalized spacial score (nSPS) is 17.8. The molecule has 0 aliphatic carbocycles. The number of carbonyl (C=O) groups excluding carboxylic acids is 1. The molecule has 0 aromatic carbocycles. The number of rotatable bonds is 5. The lowest BCUT2D eigenvalue weighted by atomic mass is 9.98. The van der Waals surface area contributed by atoms with Crippen molar-refractivity contribution in [2.24, 2.45) is 0 Å². The maximum atomic E-state index is 12.9. The highest BCUT2D eigenvalue weighted by atomic mass is 16.2. The maximum Gasteiger partial charge on any atom is 0.255 e. The number of piperidine rings is 1. The predicted molar refractivity (Wildman–Crippen MR) is 94.1 cm³/mol. The van der Waals surface area contributed by atoms with Crippen LogP contribution in [-0.4, -0.2) is 52.3 Å². The first kappa shape index (κ1) is 16.5. The number of aryl methyl sites for hydroxylation is 1. The van der Waals surface area contributed by atoms with Crippen LogP contribution >= 0.6 is 0 Å². The topological polar surface area (TPSA) is 54.3 Å². The molecule has 6 heteroatoms. The average Bonchev–Trinajstić information content (AvgIpc) is 3.13. The van der Waals surface area contributed by atoms with Crippen molar-refractivity contribution in [1.29, 1.82) is 0 Å². The van der Waals surface area contributed by atoms with E-state index in [9.17, 15) is 4.79 Å². The van der Waals surface area contributed by atoms with Crippen LogP contribution in [0.4, 0.5) is 5.82 Å². The number of nitrogens with zero attached hydrogens (tertiary/aromatic N) is 5. The fourth-order valence-corrected chi connectivity index (χ4v) is 3.23. The Morgan fingerprint density at radius 3 is 2.88 bits per heavy atom. The summed E-state index contributed by atoms with van der Waals surface area (Å²) in [5, 5.41) is 4.25. The molecule has 1 atom stereocenters. The van der Waals surface area contributed by atoms with Crippen LogP contribution in [-0.2, 0) is 6.54 Å². The summed E-state index contributed by atoms with van der Waals surface area (Å²) in [7, 11) is 3.89. The van der Waals surface area contributed by atoms with Gasteiger partial charge in [0.25, 0.3) is 5.91 Å². The van der Waals surface area contributed by atoms with Gasteiger partial charge < -0.3 is 9.80 Å². The van der Waals surface area contributed by atoms with E-state index in [1.807, 2.05) is 53.0 Å². The van der Waals surface area contributed by atoms with Gasteiger partial charge in [-0.15, -0.1) is 0 Å². The molecule has 6 nitrogen and oxygen atoms in total. The van der Waals surface area contributed by atoms with Crippen LogP contribution in [0.25, 0.3) is 0 Å². The van der Waals surface area contributed by atoms with E-state index in [0.29, 0.717) is 5.56 Å². The van der Waals surface area contributed by atoms with Crippen LogP contribution in [0.5, 0.6) is 0 Å². The molecule has 0 unspecified atom stereocenters. The smallest absolute Gasteiger partial charge is 0.255 e. The molecule has 0 radical (unpaired) electrons. The van der Waals surface area contributed by atoms with Gasteiger partial charge in [0.2, 0.25) is 0 Å². The Morgan fingerprint density at radius 1 is 1.33 bits per heavy atom. The molecule has 2 aromatic heterocycles. The minimum absolute atomic E-state index is 0.0953. The van der Waals surface area contributed by atoms with E-state index in [0.717, 1.165) is 38.2 Å². The van der Waals surface area contributed by atoms with Crippen molar-refractivity contribution in [3.63, 3.8) is 0 Å². The Labute approximate surface area is 143 Å². The lowest BCUT2D eigenvalue weighted by Crippen LogP contribution is -2.44. The van der Waals surface area contributed by atoms with Gasteiger partial charge in [-0.25, -0.2) is 4.98 Å². The fraction of sp³-hybridized carbons (Fsp3) is 0.500. The summed E-state index contributed by atoms with van der Waals surface area (Å²) >= 11 is 0. The molecule has 3 rings (SSSR count). The lowest BCUT2D eigenvalue weighted by Gasteiger charge is -2.36. The van der Waals surface area contributed by atoms with Gasteiger partial charge in [0.15, 0.2) is 0 Å². The highest BCUT2D eigenvalue weighted by molar-refractivity contribution is 5.94. The number of hydrogen-bond acceptors (Lipinski definition) is 4. The molecule has 2 aromatic rings. The Morgan fingerprint density at radius 2 is 2.21 bits per heavy atom. The minimum atomic E-state index is 0.0953. The predicted octanol–water partition coefficient (Wildman–Crippen LogP) is 2.43. The second-order valence-electron chi connectivity index (χ2n) is 6.51. The summed E-state index contributed by atoms with van der Waals surface area (Å²) in [5.74, 6) is 0.957. The van der Waals surface area contributed by atoms with E-state index in [2.05, 4.69) is 10.1 Å². The van der Waals surface area contributed by atoms with E-state index in [1.165, 1.54) is 6.42 Å². The number of anilines is 1. The number of pyridine rings is 1. The van der Waals surface area contributed by atoms with E-state index >= 15 is 0 Å². The van der Waals surface area contributed by atoms with Crippen molar-refractivity contribution in [2.45, 2.75) is 38.3 Å². The zero-order valence-electron chi connectivity index (χ0n) is 14.4. The molecular formula is C18H25N5O. The Hall–Kier alpha value is -2.37. The number of amides is 1. The quantitative estimate of drug-likeness (QED) is 0.846. The number of carbonyl (C=O) groups is 1. The van der Waals surface area contributed by atoms with Gasteiger partial charge in [0, 0.05) is 51.8 Å². The van der Waals surface area contributed by atoms with Gasteiger partial charge in [-0.1, -0.05) is 0 Å². The second-order valence-corrected chi connectivity index (χ2v) is 6.51. The van der Waals surface area contributed by atoms with Gasteiger partial charge in [-0.3, -0.25) is 9.48 Å². The number of aromatic nitrogens is 3. The van der Waals surface area contributed by atoms with Crippen LogP contribution in [0.2, 0.25) is 0 Å². The molecule has 1 amide bonds. The van der Waals surface area contributed by atoms with Crippen LogP contribution in [0.3, 0.4) is 0 Å². The summed E-state index contributed by atoms with van der Waals surface area (Å²) < 4.78 is 1.94. The molecule has 1 saturated heterocycles. The molecule has 1 aliphatic rings. The second kappa shape index (κ2) is 7.47. The average molecular weight is 327 g/mol. The van der Waals surface area contributed by atoms with Gasteiger partial charge in [0.05, 0.1) is 5.56 Å². The summed E-state index contributed by atoms with van der Waals surface area (Å²) in [4.78, 5) is 21.2. The van der Waals surface area contributed by atoms with Gasteiger partial charge in [-0.05, 0) is 43.9 Å². The molecule has 0 N–H and O–H groups in total. The van der Waals surface area contributed by atoms with Crippen molar-refractivity contribution in [1.82, 2.24) is 19.7 Å². The van der Waals surface area contributed by atoms with Crippen LogP contribution < -0.4 is 4.90 Å². The van der Waals surface area contributed by atoms with Crippen molar-refractivity contribution >= 4 is 11.7 Å². The fourth-order valence-electron chi connectivity index (χ4n) is 3.23. The first-order valence-electron chi connectivity index (χ1n) is 8.57. The third kappa shape index (κ3) is 3.75. The van der Waals surface area contributed by atoms with E-state index in [1.54, 1.807) is 12.4 Å². The number of likely N-dealkylation sites (tertiary alicyclic amines) is 1. The molecular weight excluding hydrogens is 302 g/mol. The van der Waals surface area contributed by atoms with E-state index < -0.39 is 0 Å². The zero-order valence-corrected chi connectivity index (χ0v) is 14.4. The Bertz CT molecular complexity index is 651. The van der Waals surface area contributed by atoms with Crippen molar-refractivity contribution < 1.29 is 4.79 Å². The highest BCUT2D eigenvalue weighted by Gasteiger charge is 2.27. The molecule has 0 saturated carbocycles. The molecule has 24 heavy (non-hydrogen) atoms. The first-order valence-corrected chi connectivity index (χ1v) is 8.57.